The predicted molar refractivity (Wildman–Crippen MR) is 74.2 cm³/mol. The highest BCUT2D eigenvalue weighted by Gasteiger charge is 2.14. The Labute approximate surface area is 122 Å². The van der Waals surface area contributed by atoms with Crippen molar-refractivity contribution in [3.63, 3.8) is 0 Å². The molecule has 0 aliphatic rings. The van der Waals surface area contributed by atoms with Crippen LogP contribution in [0.15, 0.2) is 23.4 Å². The molecule has 100 valence electrons. The van der Waals surface area contributed by atoms with Crippen LogP contribution in [-0.2, 0) is 4.79 Å². The third-order valence-corrected chi connectivity index (χ3v) is 3.44. The molecule has 1 heterocycles. The van der Waals surface area contributed by atoms with Crippen LogP contribution in [0.4, 0.5) is 5.95 Å². The number of nitrogens with two attached hydrogens (primary N) is 1. The standard InChI is InChI=1S/C10H8Cl2N4O2S/c11-5-1-6(12)3-7(2-5)16-9(13)14-15-10(16)19-4-8(17)18/h1-3H,4H2,(H2,13,14)(H,17,18). The fraction of sp³-hybridized carbons (Fsp3) is 0.100. The van der Waals surface area contributed by atoms with Crippen molar-refractivity contribution in [3.05, 3.63) is 28.2 Å². The fourth-order valence-electron chi connectivity index (χ4n) is 1.41. The van der Waals surface area contributed by atoms with E-state index in [1.807, 2.05) is 0 Å². The SMILES string of the molecule is Nc1nnc(SCC(=O)O)n1-c1cc(Cl)cc(Cl)c1. The second-order valence-corrected chi connectivity index (χ2v) is 5.30. The van der Waals surface area contributed by atoms with Crippen LogP contribution in [-0.4, -0.2) is 31.6 Å². The number of nitrogens with zero attached hydrogens (tertiary/aromatic N) is 3. The van der Waals surface area contributed by atoms with Gasteiger partial charge >= 0.3 is 5.97 Å². The molecule has 6 nitrogen and oxygen atoms in total. The lowest BCUT2D eigenvalue weighted by Crippen LogP contribution is -2.04. The Kier molecular flexibility index (Phi) is 4.18. The summed E-state index contributed by atoms with van der Waals surface area (Å²) in [7, 11) is 0. The van der Waals surface area contributed by atoms with Crippen LogP contribution in [0.5, 0.6) is 0 Å². The van der Waals surface area contributed by atoms with Gasteiger partial charge in [0, 0.05) is 10.0 Å². The third kappa shape index (κ3) is 3.31. The number of benzene rings is 1. The minimum atomic E-state index is -0.956. The number of carbonyl (C=O) groups is 1. The van der Waals surface area contributed by atoms with Gasteiger partial charge in [-0.15, -0.1) is 10.2 Å². The zero-order valence-electron chi connectivity index (χ0n) is 9.38. The molecule has 3 N–H and O–H groups in total. The van der Waals surface area contributed by atoms with Crippen molar-refractivity contribution in [2.75, 3.05) is 11.5 Å². The Morgan fingerprint density at radius 3 is 2.53 bits per heavy atom. The van der Waals surface area contributed by atoms with E-state index in [4.69, 9.17) is 34.0 Å². The monoisotopic (exact) mass is 318 g/mol. The molecular formula is C10H8Cl2N4O2S. The van der Waals surface area contributed by atoms with Gasteiger partial charge in [-0.1, -0.05) is 35.0 Å². The molecule has 0 amide bonds. The molecule has 0 aliphatic heterocycles. The molecule has 0 fully saturated rings. The minimum Gasteiger partial charge on any atom is -0.481 e. The number of halogens is 2. The van der Waals surface area contributed by atoms with E-state index < -0.39 is 5.97 Å². The fourth-order valence-corrected chi connectivity index (χ4v) is 2.61. The zero-order chi connectivity index (χ0) is 14.0. The smallest absolute Gasteiger partial charge is 0.313 e. The number of carboxylic acid groups (broad SMARTS) is 1. The lowest BCUT2D eigenvalue weighted by Gasteiger charge is -2.08. The summed E-state index contributed by atoms with van der Waals surface area (Å²) in [6, 6.07) is 4.85. The summed E-state index contributed by atoms with van der Waals surface area (Å²) < 4.78 is 1.49. The van der Waals surface area contributed by atoms with E-state index in [9.17, 15) is 4.79 Å². The average Bonchev–Trinajstić information content (AvgIpc) is 2.66. The number of aliphatic carboxylic acids is 1. The van der Waals surface area contributed by atoms with Crippen LogP contribution in [0.3, 0.4) is 0 Å². The molecule has 0 saturated heterocycles. The summed E-state index contributed by atoms with van der Waals surface area (Å²) in [5.41, 5.74) is 6.30. The van der Waals surface area contributed by atoms with Gasteiger partial charge in [0.15, 0.2) is 5.16 Å². The van der Waals surface area contributed by atoms with Gasteiger partial charge in [-0.3, -0.25) is 9.36 Å². The van der Waals surface area contributed by atoms with Gasteiger partial charge in [0.1, 0.15) is 0 Å². The van der Waals surface area contributed by atoms with E-state index in [0.717, 1.165) is 11.8 Å². The van der Waals surface area contributed by atoms with Gasteiger partial charge < -0.3 is 10.8 Å². The normalized spacial score (nSPS) is 10.6. The first-order chi connectivity index (χ1) is 8.97. The molecule has 0 radical (unpaired) electrons. The molecule has 19 heavy (non-hydrogen) atoms. The van der Waals surface area contributed by atoms with Crippen molar-refractivity contribution < 1.29 is 9.90 Å². The number of thioether (sulfide) groups is 1. The molecule has 0 unspecified atom stereocenters. The van der Waals surface area contributed by atoms with Crippen LogP contribution < -0.4 is 5.73 Å². The summed E-state index contributed by atoms with van der Waals surface area (Å²) >= 11 is 12.8. The third-order valence-electron chi connectivity index (χ3n) is 2.09. The number of aromatic nitrogens is 3. The molecule has 0 spiro atoms. The van der Waals surface area contributed by atoms with Crippen molar-refractivity contribution in [2.24, 2.45) is 0 Å². The predicted octanol–water partition coefficient (Wildman–Crippen LogP) is 2.33. The lowest BCUT2D eigenvalue weighted by molar-refractivity contribution is -0.133. The Hall–Kier alpha value is -1.44. The summed E-state index contributed by atoms with van der Waals surface area (Å²) in [5, 5.41) is 17.5. The maximum absolute atomic E-state index is 10.6. The Balaban J connectivity index is 2.43. The lowest BCUT2D eigenvalue weighted by atomic mass is 10.3. The van der Waals surface area contributed by atoms with Crippen LogP contribution in [0.1, 0.15) is 0 Å². The average molecular weight is 319 g/mol. The van der Waals surface area contributed by atoms with E-state index in [0.29, 0.717) is 20.9 Å². The Bertz CT molecular complexity index is 612. The molecule has 0 saturated carbocycles. The van der Waals surface area contributed by atoms with Crippen molar-refractivity contribution in [1.29, 1.82) is 0 Å². The maximum Gasteiger partial charge on any atom is 0.313 e. The van der Waals surface area contributed by atoms with Crippen LogP contribution in [0, 0.1) is 0 Å². The van der Waals surface area contributed by atoms with Crippen molar-refractivity contribution in [2.45, 2.75) is 5.16 Å². The Morgan fingerprint density at radius 2 is 1.95 bits per heavy atom. The van der Waals surface area contributed by atoms with Crippen LogP contribution >= 0.6 is 35.0 Å². The maximum atomic E-state index is 10.6. The molecule has 0 atom stereocenters. The number of hydrogen-bond acceptors (Lipinski definition) is 5. The number of hydrogen-bond donors (Lipinski definition) is 2. The summed E-state index contributed by atoms with van der Waals surface area (Å²) in [5.74, 6) is -0.972. The van der Waals surface area contributed by atoms with Gasteiger partial charge in [0.2, 0.25) is 5.95 Å². The zero-order valence-corrected chi connectivity index (χ0v) is 11.7. The van der Waals surface area contributed by atoms with E-state index >= 15 is 0 Å². The van der Waals surface area contributed by atoms with Gasteiger partial charge in [-0.25, -0.2) is 0 Å². The molecule has 0 bridgehead atoms. The molecule has 1 aromatic carbocycles. The molecule has 1 aromatic heterocycles. The number of nitrogen functional groups attached to an aromatic ring is 1. The quantitative estimate of drug-likeness (QED) is 0.840. The molecule has 2 aromatic rings. The number of rotatable bonds is 4. The van der Waals surface area contributed by atoms with E-state index in [1.54, 1.807) is 18.2 Å². The van der Waals surface area contributed by atoms with Crippen LogP contribution in [0.25, 0.3) is 5.69 Å². The highest BCUT2D eigenvalue weighted by molar-refractivity contribution is 7.99. The summed E-state index contributed by atoms with van der Waals surface area (Å²) in [6.45, 7) is 0. The van der Waals surface area contributed by atoms with Crippen molar-refractivity contribution in [1.82, 2.24) is 14.8 Å². The van der Waals surface area contributed by atoms with Gasteiger partial charge in [-0.2, -0.15) is 0 Å². The van der Waals surface area contributed by atoms with Gasteiger partial charge in [0.05, 0.1) is 11.4 Å². The second kappa shape index (κ2) is 5.68. The first-order valence-electron chi connectivity index (χ1n) is 4.99. The van der Waals surface area contributed by atoms with Gasteiger partial charge in [0.25, 0.3) is 0 Å². The van der Waals surface area contributed by atoms with Crippen LogP contribution in [0.2, 0.25) is 10.0 Å². The topological polar surface area (TPSA) is 94.0 Å². The molecule has 2 rings (SSSR count). The van der Waals surface area contributed by atoms with Crippen molar-refractivity contribution >= 4 is 46.9 Å². The van der Waals surface area contributed by atoms with E-state index in [1.165, 1.54) is 4.57 Å². The molecule has 9 heteroatoms. The van der Waals surface area contributed by atoms with Crippen molar-refractivity contribution in [3.8, 4) is 5.69 Å². The molecule has 0 aliphatic carbocycles. The van der Waals surface area contributed by atoms with Gasteiger partial charge in [-0.05, 0) is 18.2 Å². The summed E-state index contributed by atoms with van der Waals surface area (Å²) in [4.78, 5) is 10.6. The Morgan fingerprint density at radius 1 is 1.32 bits per heavy atom. The molecular weight excluding hydrogens is 311 g/mol. The highest BCUT2D eigenvalue weighted by Crippen LogP contribution is 2.27. The van der Waals surface area contributed by atoms with E-state index in [2.05, 4.69) is 10.2 Å². The first-order valence-corrected chi connectivity index (χ1v) is 6.73. The highest BCUT2D eigenvalue weighted by atomic mass is 35.5. The van der Waals surface area contributed by atoms with E-state index in [-0.39, 0.29) is 11.7 Å². The largest absolute Gasteiger partial charge is 0.481 e. The number of anilines is 1. The first kappa shape index (κ1) is 14.0. The minimum absolute atomic E-state index is 0.131. The second-order valence-electron chi connectivity index (χ2n) is 3.49. The summed E-state index contributed by atoms with van der Waals surface area (Å²) in [6.07, 6.45) is 0. The number of carboxylic acids is 1.